The molecular formula is C16H22N2O2S. The molecule has 0 saturated heterocycles. The molecule has 1 aliphatic heterocycles. The highest BCUT2D eigenvalue weighted by molar-refractivity contribution is 7.80. The van der Waals surface area contributed by atoms with Crippen molar-refractivity contribution in [1.82, 2.24) is 0 Å². The Morgan fingerprint density at radius 3 is 2.90 bits per heavy atom. The van der Waals surface area contributed by atoms with E-state index < -0.39 is 0 Å². The minimum Gasteiger partial charge on any atom is -0.494 e. The predicted molar refractivity (Wildman–Crippen MR) is 88.7 cm³/mol. The van der Waals surface area contributed by atoms with Gasteiger partial charge in [-0.15, -0.1) is 0 Å². The van der Waals surface area contributed by atoms with Gasteiger partial charge in [-0.25, -0.2) is 0 Å². The van der Waals surface area contributed by atoms with Crippen molar-refractivity contribution in [2.75, 3.05) is 11.9 Å². The third-order valence-electron chi connectivity index (χ3n) is 3.85. The van der Waals surface area contributed by atoms with Gasteiger partial charge < -0.3 is 15.8 Å². The van der Waals surface area contributed by atoms with Gasteiger partial charge in [0.25, 0.3) is 0 Å². The molecule has 2 rings (SSSR count). The molecule has 1 aliphatic rings. The number of nitrogens with two attached hydrogens (primary N) is 1. The van der Waals surface area contributed by atoms with E-state index in [2.05, 4.69) is 19.2 Å². The summed E-state index contributed by atoms with van der Waals surface area (Å²) in [4.78, 5) is 11.9. The first kappa shape index (κ1) is 15.8. The van der Waals surface area contributed by atoms with Crippen molar-refractivity contribution in [2.24, 2.45) is 11.1 Å². The average Bonchev–Trinajstić information content (AvgIpc) is 2.43. The number of hydrogen-bond acceptors (Lipinski definition) is 3. The molecule has 5 heteroatoms. The molecule has 1 amide bonds. The number of carbonyl (C=O) groups is 1. The number of aryl methyl sites for hydroxylation is 1. The molecule has 0 saturated carbocycles. The third-order valence-corrected chi connectivity index (χ3v) is 4.41. The van der Waals surface area contributed by atoms with Gasteiger partial charge in [0.15, 0.2) is 0 Å². The Balaban J connectivity index is 1.85. The Bertz CT molecular complexity index is 555. The van der Waals surface area contributed by atoms with Crippen LogP contribution in [0.4, 0.5) is 5.69 Å². The highest BCUT2D eigenvalue weighted by atomic mass is 32.1. The van der Waals surface area contributed by atoms with Gasteiger partial charge in [0.1, 0.15) is 5.75 Å². The molecule has 0 fully saturated rings. The Hall–Kier alpha value is -1.62. The van der Waals surface area contributed by atoms with Crippen molar-refractivity contribution in [3.63, 3.8) is 0 Å². The van der Waals surface area contributed by atoms with Crippen molar-refractivity contribution >= 4 is 28.8 Å². The smallest absolute Gasteiger partial charge is 0.224 e. The Morgan fingerprint density at radius 2 is 2.19 bits per heavy atom. The Kier molecular flexibility index (Phi) is 4.83. The largest absolute Gasteiger partial charge is 0.494 e. The van der Waals surface area contributed by atoms with Gasteiger partial charge in [-0.05, 0) is 43.0 Å². The van der Waals surface area contributed by atoms with Gasteiger partial charge in [-0.2, -0.15) is 0 Å². The number of benzene rings is 1. The van der Waals surface area contributed by atoms with E-state index in [1.165, 1.54) is 0 Å². The number of thiocarbonyl (C=S) groups is 1. The Labute approximate surface area is 131 Å². The fourth-order valence-corrected chi connectivity index (χ4v) is 2.38. The topological polar surface area (TPSA) is 64.3 Å². The fraction of sp³-hybridized carbons (Fsp3) is 0.500. The number of fused-ring (bicyclic) bond motifs is 1. The summed E-state index contributed by atoms with van der Waals surface area (Å²) in [7, 11) is 0. The first-order valence-electron chi connectivity index (χ1n) is 7.24. The molecule has 114 valence electrons. The lowest BCUT2D eigenvalue weighted by Gasteiger charge is -2.23. The number of nitrogens with one attached hydrogen (secondary N) is 1. The van der Waals surface area contributed by atoms with E-state index in [9.17, 15) is 4.79 Å². The molecule has 4 nitrogen and oxygen atoms in total. The maximum absolute atomic E-state index is 11.3. The second kappa shape index (κ2) is 6.43. The van der Waals surface area contributed by atoms with Crippen LogP contribution < -0.4 is 15.8 Å². The monoisotopic (exact) mass is 306 g/mol. The second-order valence-electron chi connectivity index (χ2n) is 6.07. The summed E-state index contributed by atoms with van der Waals surface area (Å²) in [6.07, 6.45) is 3.12. The van der Waals surface area contributed by atoms with Gasteiger partial charge in [0.2, 0.25) is 5.91 Å². The molecule has 21 heavy (non-hydrogen) atoms. The average molecular weight is 306 g/mol. The number of rotatable bonds is 6. The quantitative estimate of drug-likeness (QED) is 0.626. The summed E-state index contributed by atoms with van der Waals surface area (Å²) < 4.78 is 5.78. The molecule has 1 aromatic carbocycles. The number of carbonyl (C=O) groups excluding carboxylic acids is 1. The van der Waals surface area contributed by atoms with E-state index in [1.807, 2.05) is 18.2 Å². The minimum absolute atomic E-state index is 0.0798. The second-order valence-corrected chi connectivity index (χ2v) is 6.51. The molecule has 0 atom stereocenters. The van der Waals surface area contributed by atoms with E-state index in [4.69, 9.17) is 22.7 Å². The lowest BCUT2D eigenvalue weighted by Crippen LogP contribution is -2.30. The van der Waals surface area contributed by atoms with Gasteiger partial charge in [0.05, 0.1) is 11.6 Å². The molecule has 0 radical (unpaired) electrons. The lowest BCUT2D eigenvalue weighted by molar-refractivity contribution is -0.116. The summed E-state index contributed by atoms with van der Waals surface area (Å²) in [6.45, 7) is 4.74. The van der Waals surface area contributed by atoms with Crippen molar-refractivity contribution in [2.45, 2.75) is 39.5 Å². The number of ether oxygens (including phenoxy) is 1. The molecule has 1 heterocycles. The standard InChI is InChI=1S/C16H22N2O2S/c1-16(2,15(17)21)8-3-9-20-12-5-6-13-11(10-12)4-7-14(19)18-13/h5-6,10H,3-4,7-9H2,1-2H3,(H2,17,21)(H,18,19). The SMILES string of the molecule is CC(C)(CCCOc1ccc2c(c1)CCC(=O)N2)C(N)=S. The number of hydrogen-bond donors (Lipinski definition) is 2. The first-order valence-corrected chi connectivity index (χ1v) is 7.65. The van der Waals surface area contributed by atoms with E-state index in [1.54, 1.807) is 0 Å². The van der Waals surface area contributed by atoms with Crippen LogP contribution in [0.25, 0.3) is 0 Å². The van der Waals surface area contributed by atoms with Crippen LogP contribution in [0.5, 0.6) is 5.75 Å². The maximum Gasteiger partial charge on any atom is 0.224 e. The van der Waals surface area contributed by atoms with E-state index in [0.717, 1.165) is 36.3 Å². The molecule has 0 unspecified atom stereocenters. The van der Waals surface area contributed by atoms with E-state index >= 15 is 0 Å². The van der Waals surface area contributed by atoms with Crippen LogP contribution in [-0.2, 0) is 11.2 Å². The van der Waals surface area contributed by atoms with Crippen molar-refractivity contribution in [1.29, 1.82) is 0 Å². The van der Waals surface area contributed by atoms with Crippen LogP contribution in [-0.4, -0.2) is 17.5 Å². The summed E-state index contributed by atoms with van der Waals surface area (Å²) >= 11 is 5.05. The van der Waals surface area contributed by atoms with Crippen LogP contribution in [0, 0.1) is 5.41 Å². The molecule has 3 N–H and O–H groups in total. The summed E-state index contributed by atoms with van der Waals surface area (Å²) in [5.41, 5.74) is 7.61. The molecule has 0 aliphatic carbocycles. The molecule has 0 spiro atoms. The summed E-state index contributed by atoms with van der Waals surface area (Å²) in [5.74, 6) is 0.925. The fourth-order valence-electron chi connectivity index (χ4n) is 2.28. The van der Waals surface area contributed by atoms with Gasteiger partial charge >= 0.3 is 0 Å². The van der Waals surface area contributed by atoms with Crippen LogP contribution in [0.1, 0.15) is 38.7 Å². The normalized spacial score (nSPS) is 14.3. The lowest BCUT2D eigenvalue weighted by atomic mass is 9.88. The molecule has 1 aromatic rings. The van der Waals surface area contributed by atoms with Crippen molar-refractivity contribution < 1.29 is 9.53 Å². The van der Waals surface area contributed by atoms with E-state index in [-0.39, 0.29) is 11.3 Å². The van der Waals surface area contributed by atoms with Crippen molar-refractivity contribution in [3.8, 4) is 5.75 Å². The third kappa shape index (κ3) is 4.17. The van der Waals surface area contributed by atoms with Crippen LogP contribution in [0.2, 0.25) is 0 Å². The zero-order chi connectivity index (χ0) is 15.5. The van der Waals surface area contributed by atoms with E-state index in [0.29, 0.717) is 18.0 Å². The Morgan fingerprint density at radius 1 is 1.43 bits per heavy atom. The molecular weight excluding hydrogens is 284 g/mol. The summed E-state index contributed by atoms with van der Waals surface area (Å²) in [6, 6.07) is 5.80. The maximum atomic E-state index is 11.3. The highest BCUT2D eigenvalue weighted by Crippen LogP contribution is 2.27. The molecule has 0 aromatic heterocycles. The number of amides is 1. The highest BCUT2D eigenvalue weighted by Gasteiger charge is 2.20. The van der Waals surface area contributed by atoms with Gasteiger partial charge in [-0.3, -0.25) is 4.79 Å². The van der Waals surface area contributed by atoms with Crippen molar-refractivity contribution in [3.05, 3.63) is 23.8 Å². The van der Waals surface area contributed by atoms with Crippen LogP contribution in [0.3, 0.4) is 0 Å². The van der Waals surface area contributed by atoms with Crippen LogP contribution >= 0.6 is 12.2 Å². The van der Waals surface area contributed by atoms with Gasteiger partial charge in [0, 0.05) is 17.5 Å². The minimum atomic E-state index is -0.126. The van der Waals surface area contributed by atoms with Crippen LogP contribution in [0.15, 0.2) is 18.2 Å². The zero-order valence-corrected chi connectivity index (χ0v) is 13.4. The van der Waals surface area contributed by atoms with Gasteiger partial charge in [-0.1, -0.05) is 26.1 Å². The first-order chi connectivity index (χ1) is 9.88. The zero-order valence-electron chi connectivity index (χ0n) is 12.6. The number of anilines is 1. The molecule has 0 bridgehead atoms. The predicted octanol–water partition coefficient (Wildman–Crippen LogP) is 3.04. The summed E-state index contributed by atoms with van der Waals surface area (Å²) in [5, 5.41) is 2.86.